The van der Waals surface area contributed by atoms with Crippen LogP contribution in [0.15, 0.2) is 98.1 Å². The Hall–Kier alpha value is -4.85. The standard InChI is InChI=1S/2C12H11N5O.2BF4.Fe/c2*18-9-10-7-11(16-5-1-3-13-16)15-12(8-10)17-6-2-4-14-17;2*2-1(3,4)5;/h2*1-8,18H,9H2;;;/q;;2*-1;+2. The van der Waals surface area contributed by atoms with E-state index in [1.54, 1.807) is 92.6 Å². The minimum atomic E-state index is -6.00. The summed E-state index contributed by atoms with van der Waals surface area (Å²) in [6.45, 7) is -0.101. The number of halogens is 8. The van der Waals surface area contributed by atoms with Crippen molar-refractivity contribution in [1.82, 2.24) is 49.1 Å². The van der Waals surface area contributed by atoms with Crippen LogP contribution in [0.25, 0.3) is 23.3 Å². The zero-order valence-corrected chi connectivity index (χ0v) is 24.7. The Morgan fingerprint density at radius 3 is 0.830 bits per heavy atom. The number of nitrogens with zero attached hydrogens (tertiary/aromatic N) is 10. The minimum Gasteiger partial charge on any atom is -0.418 e. The van der Waals surface area contributed by atoms with E-state index in [0.29, 0.717) is 23.3 Å². The van der Waals surface area contributed by atoms with E-state index < -0.39 is 14.5 Å². The smallest absolute Gasteiger partial charge is 0.418 e. The van der Waals surface area contributed by atoms with E-state index in [9.17, 15) is 44.7 Å². The molecular weight excluding hydrogens is 690 g/mol. The number of hydrogen-bond donors (Lipinski definition) is 2. The van der Waals surface area contributed by atoms with Crippen LogP contribution in [0.1, 0.15) is 11.1 Å². The maximum atomic E-state index is 9.75. The fourth-order valence-corrected chi connectivity index (χ4v) is 3.38. The topological polar surface area (TPSA) is 138 Å². The van der Waals surface area contributed by atoms with Crippen LogP contribution in [-0.2, 0) is 30.3 Å². The van der Waals surface area contributed by atoms with E-state index in [0.717, 1.165) is 11.1 Å². The van der Waals surface area contributed by atoms with Crippen LogP contribution in [0, 0.1) is 0 Å². The molecule has 23 heteroatoms. The molecule has 0 unspecified atom stereocenters. The summed E-state index contributed by atoms with van der Waals surface area (Å²) in [6.07, 6.45) is 13.9. The Labute approximate surface area is 271 Å². The molecule has 6 rings (SSSR count). The molecule has 12 nitrogen and oxygen atoms in total. The molecule has 6 aromatic heterocycles. The summed E-state index contributed by atoms with van der Waals surface area (Å²) in [5, 5.41) is 35.1. The average molecular weight is 712 g/mol. The number of rotatable bonds is 6. The molecule has 0 fully saturated rings. The largest absolute Gasteiger partial charge is 2.00 e. The second-order valence-corrected chi connectivity index (χ2v) is 8.49. The van der Waals surface area contributed by atoms with Gasteiger partial charge in [0, 0.05) is 49.6 Å². The van der Waals surface area contributed by atoms with Gasteiger partial charge in [0.1, 0.15) is 0 Å². The van der Waals surface area contributed by atoms with E-state index >= 15 is 0 Å². The maximum Gasteiger partial charge on any atom is 2.00 e. The Morgan fingerprint density at radius 2 is 0.681 bits per heavy atom. The molecule has 250 valence electrons. The van der Waals surface area contributed by atoms with Gasteiger partial charge in [-0.3, -0.25) is 0 Å². The normalized spacial score (nSPS) is 10.8. The van der Waals surface area contributed by atoms with Crippen molar-refractivity contribution < 1.29 is 61.8 Å². The third-order valence-electron chi connectivity index (χ3n) is 5.04. The average Bonchev–Trinajstić information content (AvgIpc) is 3.83. The summed E-state index contributed by atoms with van der Waals surface area (Å²) in [7, 11) is -12.0. The molecule has 6 aromatic rings. The van der Waals surface area contributed by atoms with Gasteiger partial charge < -0.3 is 44.7 Å². The second kappa shape index (κ2) is 17.7. The molecule has 0 radical (unpaired) electrons. The van der Waals surface area contributed by atoms with Crippen LogP contribution in [0.4, 0.5) is 34.5 Å². The van der Waals surface area contributed by atoms with Gasteiger partial charge in [0.25, 0.3) is 0 Å². The van der Waals surface area contributed by atoms with Gasteiger partial charge in [0.15, 0.2) is 23.3 Å². The van der Waals surface area contributed by atoms with Gasteiger partial charge >= 0.3 is 31.6 Å². The zero-order valence-electron chi connectivity index (χ0n) is 23.6. The van der Waals surface area contributed by atoms with Crippen molar-refractivity contribution in [2.24, 2.45) is 0 Å². The van der Waals surface area contributed by atoms with Crippen molar-refractivity contribution in [3.05, 3.63) is 109 Å². The number of aliphatic hydroxyl groups excluding tert-OH is 2. The first-order valence-electron chi connectivity index (χ1n) is 12.7. The van der Waals surface area contributed by atoms with Gasteiger partial charge in [-0.05, 0) is 59.7 Å². The maximum absolute atomic E-state index is 9.75. The van der Waals surface area contributed by atoms with E-state index in [-0.39, 0.29) is 30.3 Å². The molecule has 0 aliphatic carbocycles. The molecular formula is C24H22B2F8FeN10O2. The van der Waals surface area contributed by atoms with Crippen LogP contribution in [0.2, 0.25) is 0 Å². The number of aromatic nitrogens is 10. The third kappa shape index (κ3) is 14.0. The van der Waals surface area contributed by atoms with Gasteiger partial charge in [-0.2, -0.15) is 20.4 Å². The minimum absolute atomic E-state index is 0. The molecule has 0 saturated heterocycles. The first kappa shape index (κ1) is 38.3. The summed E-state index contributed by atoms with van der Waals surface area (Å²) < 4.78 is 84.6. The molecule has 2 N–H and O–H groups in total. The van der Waals surface area contributed by atoms with Crippen molar-refractivity contribution in [2.45, 2.75) is 13.2 Å². The van der Waals surface area contributed by atoms with Crippen LogP contribution in [0.3, 0.4) is 0 Å². The Bertz CT molecular complexity index is 1480. The summed E-state index contributed by atoms with van der Waals surface area (Å²) >= 11 is 0. The van der Waals surface area contributed by atoms with Gasteiger partial charge in [0.2, 0.25) is 0 Å². The zero-order chi connectivity index (χ0) is 33.7. The van der Waals surface area contributed by atoms with Crippen molar-refractivity contribution in [1.29, 1.82) is 0 Å². The summed E-state index contributed by atoms with van der Waals surface area (Å²) in [5.41, 5.74) is 1.53. The SMILES string of the molecule is F[B-](F)(F)F.F[B-](F)(F)F.OCc1cc(-n2cccn2)nc(-n2cccn2)c1.OCc1cc(-n2cccn2)nc(-n2cccn2)c1.[Fe+2]. The van der Waals surface area contributed by atoms with Gasteiger partial charge in [-0.25, -0.2) is 28.7 Å². The van der Waals surface area contributed by atoms with Crippen molar-refractivity contribution in [3.8, 4) is 23.3 Å². The third-order valence-corrected chi connectivity index (χ3v) is 5.04. The first-order valence-corrected chi connectivity index (χ1v) is 12.7. The first-order chi connectivity index (χ1) is 21.7. The van der Waals surface area contributed by atoms with Gasteiger partial charge in [-0.15, -0.1) is 0 Å². The van der Waals surface area contributed by atoms with Gasteiger partial charge in [0.05, 0.1) is 13.2 Å². The van der Waals surface area contributed by atoms with E-state index in [1.807, 2.05) is 24.3 Å². The van der Waals surface area contributed by atoms with E-state index in [1.165, 1.54) is 0 Å². The molecule has 0 atom stereocenters. The fraction of sp³-hybridized carbons (Fsp3) is 0.0833. The Balaban J connectivity index is 0.000000251. The molecule has 0 aliphatic rings. The monoisotopic (exact) mass is 712 g/mol. The van der Waals surface area contributed by atoms with Gasteiger partial charge in [-0.1, -0.05) is 0 Å². The number of pyridine rings is 2. The number of aliphatic hydroxyl groups is 2. The molecule has 0 aliphatic heterocycles. The quantitative estimate of drug-likeness (QED) is 0.191. The summed E-state index contributed by atoms with van der Waals surface area (Å²) in [6, 6.07) is 14.4. The second-order valence-electron chi connectivity index (χ2n) is 8.49. The molecule has 0 spiro atoms. The van der Waals surface area contributed by atoms with E-state index in [2.05, 4.69) is 30.4 Å². The molecule has 0 saturated carbocycles. The summed E-state index contributed by atoms with van der Waals surface area (Å²) in [5.74, 6) is 2.60. The molecule has 47 heavy (non-hydrogen) atoms. The van der Waals surface area contributed by atoms with Crippen LogP contribution in [-0.4, -0.2) is 73.8 Å². The van der Waals surface area contributed by atoms with Crippen molar-refractivity contribution in [3.63, 3.8) is 0 Å². The van der Waals surface area contributed by atoms with E-state index in [4.69, 9.17) is 0 Å². The van der Waals surface area contributed by atoms with Crippen molar-refractivity contribution in [2.75, 3.05) is 0 Å². The molecule has 0 aromatic carbocycles. The Morgan fingerprint density at radius 1 is 0.468 bits per heavy atom. The predicted octanol–water partition coefficient (Wildman–Crippen LogP) is 4.49. The molecule has 0 amide bonds. The van der Waals surface area contributed by atoms with Crippen LogP contribution < -0.4 is 0 Å². The fourth-order valence-electron chi connectivity index (χ4n) is 3.38. The molecule has 0 bridgehead atoms. The number of hydrogen-bond acceptors (Lipinski definition) is 8. The predicted molar refractivity (Wildman–Crippen MR) is 149 cm³/mol. The van der Waals surface area contributed by atoms with Crippen LogP contribution in [0.5, 0.6) is 0 Å². The summed E-state index contributed by atoms with van der Waals surface area (Å²) in [4.78, 5) is 8.91. The van der Waals surface area contributed by atoms with Crippen molar-refractivity contribution >= 4 is 14.5 Å². The van der Waals surface area contributed by atoms with Crippen LogP contribution >= 0.6 is 0 Å². The Kier molecular flexibility index (Phi) is 14.5. The molecule has 6 heterocycles.